The van der Waals surface area contributed by atoms with Gasteiger partial charge < -0.3 is 19.9 Å². The quantitative estimate of drug-likeness (QED) is 0.796. The molecule has 0 bridgehead atoms. The maximum absolute atomic E-state index is 13.5. The molecule has 0 radical (unpaired) electrons. The fourth-order valence-electron chi connectivity index (χ4n) is 3.82. The summed E-state index contributed by atoms with van der Waals surface area (Å²) in [6, 6.07) is 6.87. The number of aromatic nitrogens is 1. The van der Waals surface area contributed by atoms with Gasteiger partial charge in [0.25, 0.3) is 10.0 Å². The summed E-state index contributed by atoms with van der Waals surface area (Å²) >= 11 is 0. The highest BCUT2D eigenvalue weighted by Gasteiger charge is 2.27. The molecule has 0 amide bonds. The maximum atomic E-state index is 13.5. The minimum Gasteiger partial charge on any atom is -0.496 e. The number of fused-ring (bicyclic) bond motifs is 1. The van der Waals surface area contributed by atoms with E-state index in [1.165, 1.54) is 11.0 Å². The van der Waals surface area contributed by atoms with Crippen molar-refractivity contribution in [3.05, 3.63) is 64.9 Å². The van der Waals surface area contributed by atoms with Gasteiger partial charge in [-0.2, -0.15) is 0 Å². The zero-order valence-corrected chi connectivity index (χ0v) is 18.4. The van der Waals surface area contributed by atoms with E-state index >= 15 is 0 Å². The summed E-state index contributed by atoms with van der Waals surface area (Å²) in [5.74, 6) is 1.89. The minimum absolute atomic E-state index is 0.130. The Labute approximate surface area is 177 Å². The van der Waals surface area contributed by atoms with E-state index in [0.29, 0.717) is 22.1 Å². The van der Waals surface area contributed by atoms with Gasteiger partial charge in [-0.25, -0.2) is 12.4 Å². The Balaban J connectivity index is 0.00000124. The van der Waals surface area contributed by atoms with E-state index in [2.05, 4.69) is 5.73 Å². The maximum Gasteiger partial charge on any atom is 0.268 e. The van der Waals surface area contributed by atoms with E-state index in [9.17, 15) is 8.42 Å². The van der Waals surface area contributed by atoms with Gasteiger partial charge in [0, 0.05) is 12.3 Å². The third kappa shape index (κ3) is 3.97. The summed E-state index contributed by atoms with van der Waals surface area (Å²) in [6.45, 7) is 1.97. The fourth-order valence-corrected chi connectivity index (χ4v) is 5.43. The van der Waals surface area contributed by atoms with E-state index in [1.54, 1.807) is 49.7 Å². The van der Waals surface area contributed by atoms with Gasteiger partial charge in [-0.1, -0.05) is 0 Å². The number of rotatable bonds is 4. The Kier molecular flexibility index (Phi) is 6.89. The Bertz CT molecular complexity index is 1070. The number of nitrogens with two attached hydrogens (primary N) is 1. The predicted molar refractivity (Wildman–Crippen MR) is 116 cm³/mol. The topological polar surface area (TPSA) is 92.8 Å². The van der Waals surface area contributed by atoms with Crippen molar-refractivity contribution in [3.63, 3.8) is 0 Å². The molecule has 1 aliphatic carbocycles. The van der Waals surface area contributed by atoms with Gasteiger partial charge in [0.15, 0.2) is 11.5 Å². The van der Waals surface area contributed by atoms with Crippen molar-refractivity contribution in [1.82, 2.24) is 3.97 Å². The third-order valence-electron chi connectivity index (χ3n) is 5.16. The van der Waals surface area contributed by atoms with Crippen LogP contribution in [0.4, 0.5) is 0 Å². The van der Waals surface area contributed by atoms with Crippen LogP contribution in [0.3, 0.4) is 0 Å². The van der Waals surface area contributed by atoms with E-state index < -0.39 is 10.0 Å². The highest BCUT2D eigenvalue weighted by molar-refractivity contribution is 7.90. The number of methoxy groups -OCH3 is 1. The van der Waals surface area contributed by atoms with Crippen LogP contribution in [0.15, 0.2) is 53.0 Å². The normalized spacial score (nSPS) is 18.3. The van der Waals surface area contributed by atoms with Crippen LogP contribution < -0.4 is 10.5 Å². The van der Waals surface area contributed by atoms with Gasteiger partial charge in [0.05, 0.1) is 17.7 Å². The molecule has 1 fully saturated rings. The lowest BCUT2D eigenvalue weighted by Crippen LogP contribution is -2.18. The van der Waals surface area contributed by atoms with Crippen molar-refractivity contribution in [2.45, 2.75) is 37.5 Å². The van der Waals surface area contributed by atoms with Crippen molar-refractivity contribution in [3.8, 4) is 5.75 Å². The van der Waals surface area contributed by atoms with Crippen LogP contribution in [0.5, 0.6) is 5.75 Å². The Morgan fingerprint density at radius 1 is 1.07 bits per heavy atom. The van der Waals surface area contributed by atoms with Crippen molar-refractivity contribution in [1.29, 1.82) is 0 Å². The average Bonchev–Trinajstić information content (AvgIpc) is 3.44. The first-order valence-electron chi connectivity index (χ1n) is 9.89. The molecular formula is C22H28N2O5S. The molecule has 8 heteroatoms. The molecule has 2 aliphatic rings. The van der Waals surface area contributed by atoms with Crippen LogP contribution in [0.25, 0.3) is 6.08 Å². The number of hydrogen-bond donors (Lipinski definition) is 1. The van der Waals surface area contributed by atoms with Gasteiger partial charge in [-0.3, -0.25) is 0 Å². The van der Waals surface area contributed by atoms with Crippen LogP contribution in [-0.2, 0) is 32.3 Å². The third-order valence-corrected chi connectivity index (χ3v) is 6.95. The summed E-state index contributed by atoms with van der Waals surface area (Å²) in [6.07, 6.45) is 8.62. The molecule has 1 saturated heterocycles. The summed E-state index contributed by atoms with van der Waals surface area (Å²) in [4.78, 5) is 0.341. The second kappa shape index (κ2) is 9.40. The summed E-state index contributed by atoms with van der Waals surface area (Å²) in [7, 11) is -0.636. The first-order chi connectivity index (χ1) is 14.6. The number of hydrogen-bond acceptors (Lipinski definition) is 6. The Morgan fingerprint density at radius 2 is 1.77 bits per heavy atom. The lowest BCUT2D eigenvalue weighted by Gasteiger charge is -2.22. The van der Waals surface area contributed by atoms with Gasteiger partial charge in [0.2, 0.25) is 6.79 Å². The van der Waals surface area contributed by atoms with E-state index in [1.807, 2.05) is 6.92 Å². The molecule has 2 aromatic rings. The lowest BCUT2D eigenvalue weighted by molar-refractivity contribution is 0.0982. The second-order valence-electron chi connectivity index (χ2n) is 6.73. The van der Waals surface area contributed by atoms with Gasteiger partial charge >= 0.3 is 0 Å². The molecule has 0 unspecified atom stereocenters. The van der Waals surface area contributed by atoms with Crippen molar-refractivity contribution >= 4 is 16.1 Å². The molecule has 2 heterocycles. The van der Waals surface area contributed by atoms with Crippen molar-refractivity contribution in [2.24, 2.45) is 5.73 Å². The monoisotopic (exact) mass is 432 g/mol. The SMILES string of the molecule is C/C=C1/OCO/C1=C/c1cccn1S(=O)(=O)c1ccc(OC)c2c1CCCC2.CN. The zero-order chi connectivity index (χ0) is 21.7. The number of allylic oxidation sites excluding steroid dienone is 1. The Morgan fingerprint density at radius 3 is 2.47 bits per heavy atom. The molecule has 0 saturated carbocycles. The first-order valence-corrected chi connectivity index (χ1v) is 11.3. The minimum atomic E-state index is -3.76. The van der Waals surface area contributed by atoms with Crippen LogP contribution in [-0.4, -0.2) is 33.3 Å². The molecule has 1 aromatic carbocycles. The first kappa shape index (κ1) is 22.0. The molecule has 2 N–H and O–H groups in total. The highest BCUT2D eigenvalue weighted by Crippen LogP contribution is 2.35. The van der Waals surface area contributed by atoms with E-state index in [0.717, 1.165) is 42.6 Å². The number of benzene rings is 1. The standard InChI is InChI=1S/C21H23NO5S.CH5N/c1-3-18-20(27-14-26-18)13-15-7-6-12-22(15)28(23,24)21-11-10-19(25-2)16-8-4-5-9-17(16)21;1-2/h3,6-7,10-13H,4-5,8-9,14H2,1-2H3;2H2,1H3/b18-3+,20-13+;. The van der Waals surface area contributed by atoms with Crippen LogP contribution in [0, 0.1) is 0 Å². The molecule has 1 aliphatic heterocycles. The van der Waals surface area contributed by atoms with E-state index in [4.69, 9.17) is 14.2 Å². The molecule has 1 aromatic heterocycles. The number of nitrogens with zero attached hydrogens (tertiary/aromatic N) is 1. The molecule has 4 rings (SSSR count). The highest BCUT2D eigenvalue weighted by atomic mass is 32.2. The van der Waals surface area contributed by atoms with Crippen molar-refractivity contribution in [2.75, 3.05) is 21.0 Å². The summed E-state index contributed by atoms with van der Waals surface area (Å²) in [5.41, 5.74) is 6.89. The van der Waals surface area contributed by atoms with Crippen LogP contribution in [0.1, 0.15) is 36.6 Å². The zero-order valence-electron chi connectivity index (χ0n) is 17.6. The average molecular weight is 433 g/mol. The Hall–Kier alpha value is -2.71. The molecular weight excluding hydrogens is 404 g/mol. The fraction of sp³-hybridized carbons (Fsp3) is 0.364. The number of ether oxygens (including phenoxy) is 3. The smallest absolute Gasteiger partial charge is 0.268 e. The largest absolute Gasteiger partial charge is 0.496 e. The summed E-state index contributed by atoms with van der Waals surface area (Å²) in [5, 5.41) is 0. The molecule has 30 heavy (non-hydrogen) atoms. The van der Waals surface area contributed by atoms with Gasteiger partial charge in [0.1, 0.15) is 5.75 Å². The molecule has 7 nitrogen and oxygen atoms in total. The lowest BCUT2D eigenvalue weighted by atomic mass is 9.91. The van der Waals surface area contributed by atoms with Gasteiger partial charge in [-0.15, -0.1) is 0 Å². The van der Waals surface area contributed by atoms with Gasteiger partial charge in [-0.05, 0) is 81.1 Å². The predicted octanol–water partition coefficient (Wildman–Crippen LogP) is 3.44. The molecule has 0 spiro atoms. The summed E-state index contributed by atoms with van der Waals surface area (Å²) < 4.78 is 44.6. The van der Waals surface area contributed by atoms with Crippen LogP contribution >= 0.6 is 0 Å². The molecule has 162 valence electrons. The second-order valence-corrected chi connectivity index (χ2v) is 8.52. The van der Waals surface area contributed by atoms with Crippen LogP contribution in [0.2, 0.25) is 0 Å². The van der Waals surface area contributed by atoms with E-state index in [-0.39, 0.29) is 6.79 Å². The van der Waals surface area contributed by atoms with Crippen molar-refractivity contribution < 1.29 is 22.6 Å². The molecule has 0 atom stereocenters.